The standard InChI is InChI=1S/C17H13F2NO4/c18-14-5-1-3-11(16(14)19)10-20-8-2-4-12(20)6-7-13(21)9-15(22)17(23)24/h1-9,22H,10H2,(H,23,24)/b7-6+,15-9-. The minimum atomic E-state index is -1.61. The molecule has 0 amide bonds. The van der Waals surface area contributed by atoms with Crippen molar-refractivity contribution in [3.63, 3.8) is 0 Å². The third-order valence-corrected chi connectivity index (χ3v) is 3.15. The normalized spacial score (nSPS) is 11.8. The Kier molecular flexibility index (Phi) is 5.26. The maximum absolute atomic E-state index is 13.7. The van der Waals surface area contributed by atoms with E-state index in [-0.39, 0.29) is 12.1 Å². The smallest absolute Gasteiger partial charge is 0.371 e. The molecule has 2 N–H and O–H groups in total. The Labute approximate surface area is 135 Å². The number of aliphatic carboxylic acids is 1. The number of carbonyl (C=O) groups excluding carboxylic acids is 1. The highest BCUT2D eigenvalue weighted by Gasteiger charge is 2.09. The monoisotopic (exact) mass is 333 g/mol. The number of hydrogen-bond acceptors (Lipinski definition) is 3. The zero-order valence-corrected chi connectivity index (χ0v) is 12.3. The summed E-state index contributed by atoms with van der Waals surface area (Å²) in [7, 11) is 0. The maximum Gasteiger partial charge on any atom is 0.371 e. The fourth-order valence-electron chi connectivity index (χ4n) is 1.99. The molecule has 0 aliphatic heterocycles. The van der Waals surface area contributed by atoms with Gasteiger partial charge < -0.3 is 14.8 Å². The molecular weight excluding hydrogens is 320 g/mol. The first kappa shape index (κ1) is 17.1. The van der Waals surface area contributed by atoms with E-state index in [1.807, 2.05) is 0 Å². The number of hydrogen-bond donors (Lipinski definition) is 2. The Balaban J connectivity index is 2.17. The van der Waals surface area contributed by atoms with Gasteiger partial charge in [0, 0.05) is 23.5 Å². The fraction of sp³-hybridized carbons (Fsp3) is 0.0588. The predicted octanol–water partition coefficient (Wildman–Crippen LogP) is 2.92. The molecule has 2 aromatic rings. The summed E-state index contributed by atoms with van der Waals surface area (Å²) in [6.45, 7) is 0.0562. The molecule has 0 saturated heterocycles. The summed E-state index contributed by atoms with van der Waals surface area (Å²) in [6.07, 6.45) is 4.63. The van der Waals surface area contributed by atoms with Crippen LogP contribution in [0.2, 0.25) is 0 Å². The van der Waals surface area contributed by atoms with Crippen molar-refractivity contribution in [1.82, 2.24) is 4.57 Å². The van der Waals surface area contributed by atoms with E-state index in [0.717, 1.165) is 12.1 Å². The van der Waals surface area contributed by atoms with E-state index in [2.05, 4.69) is 0 Å². The molecule has 0 fully saturated rings. The molecule has 1 aromatic heterocycles. The number of nitrogens with zero attached hydrogens (tertiary/aromatic N) is 1. The highest BCUT2D eigenvalue weighted by atomic mass is 19.2. The van der Waals surface area contributed by atoms with Crippen LogP contribution in [0.4, 0.5) is 8.78 Å². The van der Waals surface area contributed by atoms with Gasteiger partial charge in [-0.3, -0.25) is 4.79 Å². The first-order valence-corrected chi connectivity index (χ1v) is 6.82. The summed E-state index contributed by atoms with van der Waals surface area (Å²) >= 11 is 0. The van der Waals surface area contributed by atoms with Crippen LogP contribution in [0.5, 0.6) is 0 Å². The van der Waals surface area contributed by atoms with Gasteiger partial charge in [-0.05, 0) is 30.4 Å². The number of halogens is 2. The second-order valence-electron chi connectivity index (χ2n) is 4.84. The summed E-state index contributed by atoms with van der Waals surface area (Å²) in [5, 5.41) is 17.5. The van der Waals surface area contributed by atoms with Gasteiger partial charge >= 0.3 is 5.97 Å². The predicted molar refractivity (Wildman–Crippen MR) is 82.3 cm³/mol. The van der Waals surface area contributed by atoms with E-state index < -0.39 is 29.1 Å². The molecular formula is C17H13F2NO4. The lowest BCUT2D eigenvalue weighted by atomic mass is 10.2. The van der Waals surface area contributed by atoms with E-state index in [1.165, 1.54) is 18.2 Å². The highest BCUT2D eigenvalue weighted by Crippen LogP contribution is 2.15. The number of carboxylic acid groups (broad SMARTS) is 1. The van der Waals surface area contributed by atoms with E-state index in [9.17, 15) is 18.4 Å². The maximum atomic E-state index is 13.7. The van der Waals surface area contributed by atoms with Gasteiger partial charge in [-0.25, -0.2) is 13.6 Å². The van der Waals surface area contributed by atoms with Crippen molar-refractivity contribution in [2.24, 2.45) is 0 Å². The summed E-state index contributed by atoms with van der Waals surface area (Å²) in [5.74, 6) is -5.28. The number of rotatable bonds is 6. The summed E-state index contributed by atoms with van der Waals surface area (Å²) in [4.78, 5) is 21.9. The molecule has 1 aromatic carbocycles. The van der Waals surface area contributed by atoms with Crippen molar-refractivity contribution < 1.29 is 28.6 Å². The van der Waals surface area contributed by atoms with Gasteiger partial charge in [0.2, 0.25) is 5.76 Å². The van der Waals surface area contributed by atoms with Crippen molar-refractivity contribution in [2.75, 3.05) is 0 Å². The Morgan fingerprint density at radius 2 is 1.88 bits per heavy atom. The second kappa shape index (κ2) is 7.36. The molecule has 0 saturated carbocycles. The van der Waals surface area contributed by atoms with Gasteiger partial charge in [-0.2, -0.15) is 0 Å². The van der Waals surface area contributed by atoms with Crippen LogP contribution in [0.25, 0.3) is 6.08 Å². The largest absolute Gasteiger partial charge is 0.502 e. The summed E-state index contributed by atoms with van der Waals surface area (Å²) in [6, 6.07) is 7.17. The van der Waals surface area contributed by atoms with Crippen LogP contribution in [0.1, 0.15) is 11.3 Å². The van der Waals surface area contributed by atoms with E-state index >= 15 is 0 Å². The minimum absolute atomic E-state index is 0.0562. The van der Waals surface area contributed by atoms with E-state index in [4.69, 9.17) is 10.2 Å². The molecule has 0 atom stereocenters. The summed E-state index contributed by atoms with van der Waals surface area (Å²) < 4.78 is 28.5. The molecule has 2 rings (SSSR count). The Morgan fingerprint density at radius 3 is 2.58 bits per heavy atom. The Morgan fingerprint density at radius 1 is 1.12 bits per heavy atom. The lowest BCUT2D eigenvalue weighted by molar-refractivity contribution is -0.135. The number of aliphatic hydroxyl groups excluding tert-OH is 1. The topological polar surface area (TPSA) is 79.5 Å². The van der Waals surface area contributed by atoms with Crippen LogP contribution in [0.3, 0.4) is 0 Å². The van der Waals surface area contributed by atoms with Crippen molar-refractivity contribution in [2.45, 2.75) is 6.54 Å². The van der Waals surface area contributed by atoms with E-state index in [1.54, 1.807) is 22.9 Å². The molecule has 24 heavy (non-hydrogen) atoms. The van der Waals surface area contributed by atoms with Crippen LogP contribution < -0.4 is 0 Å². The average Bonchev–Trinajstić information content (AvgIpc) is 2.97. The zero-order valence-electron chi connectivity index (χ0n) is 12.3. The first-order valence-electron chi connectivity index (χ1n) is 6.82. The molecule has 1 heterocycles. The van der Waals surface area contributed by atoms with Crippen molar-refractivity contribution in [1.29, 1.82) is 0 Å². The molecule has 5 nitrogen and oxygen atoms in total. The van der Waals surface area contributed by atoms with Gasteiger partial charge in [0.15, 0.2) is 17.4 Å². The van der Waals surface area contributed by atoms with Gasteiger partial charge in [-0.15, -0.1) is 0 Å². The SMILES string of the molecule is O=C(/C=C(\O)C(=O)O)/C=C/c1cccn1Cc1cccc(F)c1F. The molecule has 0 unspecified atom stereocenters. The van der Waals surface area contributed by atoms with Gasteiger partial charge in [0.1, 0.15) is 0 Å². The van der Waals surface area contributed by atoms with Crippen LogP contribution in [-0.2, 0) is 16.1 Å². The van der Waals surface area contributed by atoms with Gasteiger partial charge in [0.25, 0.3) is 0 Å². The van der Waals surface area contributed by atoms with Crippen molar-refractivity contribution >= 4 is 17.8 Å². The van der Waals surface area contributed by atoms with Crippen molar-refractivity contribution in [3.8, 4) is 0 Å². The molecule has 0 bridgehead atoms. The van der Waals surface area contributed by atoms with Gasteiger partial charge in [0.05, 0.1) is 6.54 Å². The molecule has 124 valence electrons. The van der Waals surface area contributed by atoms with Crippen LogP contribution in [-0.4, -0.2) is 26.5 Å². The quantitative estimate of drug-likeness (QED) is 0.629. The van der Waals surface area contributed by atoms with Crippen molar-refractivity contribution in [3.05, 3.63) is 77.3 Å². The number of allylic oxidation sites excluding steroid dienone is 2. The van der Waals surface area contributed by atoms with Crippen LogP contribution >= 0.6 is 0 Å². The van der Waals surface area contributed by atoms with Gasteiger partial charge in [-0.1, -0.05) is 12.1 Å². The fourth-order valence-corrected chi connectivity index (χ4v) is 1.99. The highest BCUT2D eigenvalue weighted by molar-refractivity contribution is 6.05. The lowest BCUT2D eigenvalue weighted by Gasteiger charge is -2.08. The lowest BCUT2D eigenvalue weighted by Crippen LogP contribution is -2.04. The number of aliphatic hydroxyl groups is 1. The third-order valence-electron chi connectivity index (χ3n) is 3.15. The minimum Gasteiger partial charge on any atom is -0.502 e. The number of aromatic nitrogens is 1. The first-order chi connectivity index (χ1) is 11.4. The number of benzene rings is 1. The molecule has 0 spiro atoms. The molecule has 0 aliphatic carbocycles. The Bertz CT molecular complexity index is 837. The summed E-state index contributed by atoms with van der Waals surface area (Å²) in [5.41, 5.74) is 0.672. The number of carboxylic acids is 1. The molecule has 0 radical (unpaired) electrons. The average molecular weight is 333 g/mol. The second-order valence-corrected chi connectivity index (χ2v) is 4.84. The molecule has 0 aliphatic rings. The van der Waals surface area contributed by atoms with Crippen LogP contribution in [0.15, 0.2) is 54.4 Å². The molecule has 7 heteroatoms. The van der Waals surface area contributed by atoms with Crippen LogP contribution in [0, 0.1) is 11.6 Å². The third kappa shape index (κ3) is 4.16. The number of ketones is 1. The van der Waals surface area contributed by atoms with E-state index in [0.29, 0.717) is 11.8 Å². The Hall–Kier alpha value is -3.22. The number of carbonyl (C=O) groups is 2. The zero-order chi connectivity index (χ0) is 17.7.